The first kappa shape index (κ1) is 9.26. The third-order valence-corrected chi connectivity index (χ3v) is 1.96. The van der Waals surface area contributed by atoms with Gasteiger partial charge in [0.2, 0.25) is 0 Å². The molecule has 1 rings (SSSR count). The minimum atomic E-state index is -0.0913. The average molecular weight is 182 g/mol. The van der Waals surface area contributed by atoms with Crippen LogP contribution in [0, 0.1) is 0 Å². The van der Waals surface area contributed by atoms with Crippen LogP contribution in [0.4, 0.5) is 0 Å². The second kappa shape index (κ2) is 3.27. The normalized spacial score (nSPS) is 13.4. The van der Waals surface area contributed by atoms with Gasteiger partial charge in [-0.05, 0) is 32.2 Å². The van der Waals surface area contributed by atoms with Crippen molar-refractivity contribution < 1.29 is 0 Å². The van der Waals surface area contributed by atoms with E-state index in [4.69, 9.17) is 5.73 Å². The molecule has 0 saturated carbocycles. The van der Waals surface area contributed by atoms with Gasteiger partial charge in [0.25, 0.3) is 0 Å². The van der Waals surface area contributed by atoms with Gasteiger partial charge < -0.3 is 5.73 Å². The second-order valence-electron chi connectivity index (χ2n) is 3.68. The maximum absolute atomic E-state index is 5.78. The number of nitrogens with two attached hydrogens (primary N) is 1. The second-order valence-corrected chi connectivity index (χ2v) is 4.46. The van der Waals surface area contributed by atoms with Crippen LogP contribution in [0.2, 0.25) is 0 Å². The topological polar surface area (TPSA) is 38.4 Å². The first-order chi connectivity index (χ1) is 5.49. The molecule has 0 aromatic carbocycles. The minimum absolute atomic E-state index is 0.0913. The summed E-state index contributed by atoms with van der Waals surface area (Å²) < 4.78 is 0. The largest absolute Gasteiger partial charge is 0.383 e. The number of aliphatic imine (C=N–C) groups is 1. The van der Waals surface area contributed by atoms with Crippen molar-refractivity contribution in [3.63, 3.8) is 0 Å². The third-order valence-electron chi connectivity index (χ3n) is 1.27. The molecule has 66 valence electrons. The Kier molecular flexibility index (Phi) is 2.52. The standard InChI is InChI=1S/C9H14N2S/c1-9(2,3)11-8(10)7-4-5-12-6-7/h4-6H,1-3H3,(H2,10,11). The quantitative estimate of drug-likeness (QED) is 0.525. The molecule has 1 aromatic rings. The lowest BCUT2D eigenvalue weighted by Crippen LogP contribution is -2.20. The predicted octanol–water partition coefficient (Wildman–Crippen LogP) is 2.25. The van der Waals surface area contributed by atoms with Crippen LogP contribution in [0.25, 0.3) is 0 Å². The summed E-state index contributed by atoms with van der Waals surface area (Å²) in [6, 6.07) is 1.98. The fraction of sp³-hybridized carbons (Fsp3) is 0.444. The van der Waals surface area contributed by atoms with Crippen molar-refractivity contribution in [2.24, 2.45) is 10.7 Å². The summed E-state index contributed by atoms with van der Waals surface area (Å²) in [5, 5.41) is 4.00. The van der Waals surface area contributed by atoms with Gasteiger partial charge in [-0.3, -0.25) is 4.99 Å². The molecule has 0 atom stereocenters. The lowest BCUT2D eigenvalue weighted by Gasteiger charge is -2.12. The summed E-state index contributed by atoms with van der Waals surface area (Å²) in [6.45, 7) is 6.10. The molecule has 12 heavy (non-hydrogen) atoms. The number of hydrogen-bond donors (Lipinski definition) is 1. The van der Waals surface area contributed by atoms with Gasteiger partial charge in [0.05, 0.1) is 5.54 Å². The number of thiophene rings is 1. The van der Waals surface area contributed by atoms with Gasteiger partial charge in [-0.2, -0.15) is 11.3 Å². The number of hydrogen-bond acceptors (Lipinski definition) is 2. The fourth-order valence-electron chi connectivity index (χ4n) is 0.836. The maximum Gasteiger partial charge on any atom is 0.126 e. The monoisotopic (exact) mass is 182 g/mol. The van der Waals surface area contributed by atoms with Crippen LogP contribution >= 0.6 is 11.3 Å². The molecular weight excluding hydrogens is 168 g/mol. The Bertz CT molecular complexity index is 267. The third kappa shape index (κ3) is 2.66. The van der Waals surface area contributed by atoms with Gasteiger partial charge in [-0.15, -0.1) is 0 Å². The molecule has 0 saturated heterocycles. The van der Waals surface area contributed by atoms with Gasteiger partial charge >= 0.3 is 0 Å². The predicted molar refractivity (Wildman–Crippen MR) is 54.8 cm³/mol. The average Bonchev–Trinajstić information content (AvgIpc) is 2.32. The van der Waals surface area contributed by atoms with Crippen LogP contribution in [0.1, 0.15) is 26.3 Å². The molecule has 0 aliphatic heterocycles. The van der Waals surface area contributed by atoms with E-state index in [1.807, 2.05) is 37.6 Å². The molecule has 0 spiro atoms. The molecule has 3 heteroatoms. The van der Waals surface area contributed by atoms with Gasteiger partial charge in [0, 0.05) is 10.9 Å². The van der Waals surface area contributed by atoms with Crippen LogP contribution in [0.3, 0.4) is 0 Å². The number of rotatable bonds is 1. The van der Waals surface area contributed by atoms with Crippen molar-refractivity contribution in [3.8, 4) is 0 Å². The lowest BCUT2D eigenvalue weighted by atomic mass is 10.1. The Balaban J connectivity index is 2.85. The molecule has 0 unspecified atom stereocenters. The summed E-state index contributed by atoms with van der Waals surface area (Å²) in [5.74, 6) is 0.628. The fourth-order valence-corrected chi connectivity index (χ4v) is 1.49. The molecular formula is C9H14N2S. The molecule has 2 N–H and O–H groups in total. The van der Waals surface area contributed by atoms with Crippen LogP contribution in [-0.4, -0.2) is 11.4 Å². The summed E-state index contributed by atoms with van der Waals surface area (Å²) in [5.41, 5.74) is 6.71. The minimum Gasteiger partial charge on any atom is -0.383 e. The van der Waals surface area contributed by atoms with E-state index in [1.165, 1.54) is 0 Å². The Hall–Kier alpha value is -0.830. The van der Waals surface area contributed by atoms with E-state index in [1.54, 1.807) is 11.3 Å². The molecule has 0 aliphatic carbocycles. The zero-order valence-electron chi connectivity index (χ0n) is 7.66. The SMILES string of the molecule is CC(C)(C)N=C(N)c1ccsc1. The van der Waals surface area contributed by atoms with Crippen molar-refractivity contribution in [1.29, 1.82) is 0 Å². The van der Waals surface area contributed by atoms with Crippen LogP contribution in [0.5, 0.6) is 0 Å². The molecule has 0 aliphatic rings. The molecule has 0 amide bonds. The van der Waals surface area contributed by atoms with Crippen molar-refractivity contribution in [2.75, 3.05) is 0 Å². The Morgan fingerprint density at radius 2 is 2.17 bits per heavy atom. The smallest absolute Gasteiger partial charge is 0.126 e. The number of nitrogens with zero attached hydrogens (tertiary/aromatic N) is 1. The lowest BCUT2D eigenvalue weighted by molar-refractivity contribution is 0.583. The Morgan fingerprint density at radius 3 is 2.58 bits per heavy atom. The molecule has 1 aromatic heterocycles. The summed E-state index contributed by atoms with van der Waals surface area (Å²) >= 11 is 1.63. The van der Waals surface area contributed by atoms with Crippen molar-refractivity contribution in [1.82, 2.24) is 0 Å². The first-order valence-corrected chi connectivity index (χ1v) is 4.81. The highest BCUT2D eigenvalue weighted by Crippen LogP contribution is 2.10. The highest BCUT2D eigenvalue weighted by molar-refractivity contribution is 7.08. The van der Waals surface area contributed by atoms with Crippen LogP contribution < -0.4 is 5.73 Å². The first-order valence-electron chi connectivity index (χ1n) is 3.87. The van der Waals surface area contributed by atoms with Crippen molar-refractivity contribution in [3.05, 3.63) is 22.4 Å². The van der Waals surface area contributed by atoms with E-state index in [2.05, 4.69) is 4.99 Å². The highest BCUT2D eigenvalue weighted by atomic mass is 32.1. The number of amidine groups is 1. The molecule has 2 nitrogen and oxygen atoms in total. The van der Waals surface area contributed by atoms with E-state index in [0.717, 1.165) is 5.56 Å². The van der Waals surface area contributed by atoms with E-state index in [-0.39, 0.29) is 5.54 Å². The Morgan fingerprint density at radius 1 is 1.50 bits per heavy atom. The van der Waals surface area contributed by atoms with Crippen LogP contribution in [-0.2, 0) is 0 Å². The maximum atomic E-state index is 5.78. The molecule has 0 bridgehead atoms. The Labute approximate surface area is 77.1 Å². The van der Waals surface area contributed by atoms with Gasteiger partial charge in [-0.25, -0.2) is 0 Å². The van der Waals surface area contributed by atoms with Gasteiger partial charge in [0.1, 0.15) is 5.84 Å². The highest BCUT2D eigenvalue weighted by Gasteiger charge is 2.08. The van der Waals surface area contributed by atoms with Gasteiger partial charge in [-0.1, -0.05) is 0 Å². The molecule has 0 radical (unpaired) electrons. The summed E-state index contributed by atoms with van der Waals surface area (Å²) in [4.78, 5) is 4.35. The summed E-state index contributed by atoms with van der Waals surface area (Å²) in [7, 11) is 0. The zero-order chi connectivity index (χ0) is 9.19. The van der Waals surface area contributed by atoms with Gasteiger partial charge in [0.15, 0.2) is 0 Å². The van der Waals surface area contributed by atoms with Crippen molar-refractivity contribution >= 4 is 17.2 Å². The molecule has 1 heterocycles. The molecule has 0 fully saturated rings. The van der Waals surface area contributed by atoms with E-state index in [9.17, 15) is 0 Å². The zero-order valence-corrected chi connectivity index (χ0v) is 8.48. The van der Waals surface area contributed by atoms with E-state index >= 15 is 0 Å². The van der Waals surface area contributed by atoms with Crippen molar-refractivity contribution in [2.45, 2.75) is 26.3 Å². The van der Waals surface area contributed by atoms with E-state index in [0.29, 0.717) is 5.84 Å². The van der Waals surface area contributed by atoms with E-state index < -0.39 is 0 Å². The van der Waals surface area contributed by atoms with Crippen LogP contribution in [0.15, 0.2) is 21.8 Å². The summed E-state index contributed by atoms with van der Waals surface area (Å²) in [6.07, 6.45) is 0.